The van der Waals surface area contributed by atoms with Crippen molar-refractivity contribution in [2.24, 2.45) is 10.7 Å². The van der Waals surface area contributed by atoms with Crippen LogP contribution in [0.4, 0.5) is 18.9 Å². The molecule has 0 atom stereocenters. The van der Waals surface area contributed by atoms with Crippen LogP contribution in [0, 0.1) is 0 Å². The maximum absolute atomic E-state index is 12.4. The van der Waals surface area contributed by atoms with Crippen LogP contribution >= 0.6 is 24.0 Å². The molecule has 2 aromatic rings. The number of alkyl halides is 3. The van der Waals surface area contributed by atoms with Crippen molar-refractivity contribution in [1.29, 1.82) is 0 Å². The van der Waals surface area contributed by atoms with Gasteiger partial charge in [0.25, 0.3) is 0 Å². The summed E-state index contributed by atoms with van der Waals surface area (Å²) >= 11 is 0. The van der Waals surface area contributed by atoms with E-state index in [2.05, 4.69) is 15.0 Å². The Morgan fingerprint density at radius 3 is 2.56 bits per heavy atom. The Morgan fingerprint density at radius 1 is 1.16 bits per heavy atom. The minimum atomic E-state index is -4.79. The van der Waals surface area contributed by atoms with Crippen LogP contribution in [0.3, 0.4) is 0 Å². The number of guanidine groups is 1. The van der Waals surface area contributed by atoms with E-state index in [1.165, 1.54) is 18.2 Å². The number of hydrogen-bond donors (Lipinski definition) is 2. The van der Waals surface area contributed by atoms with Crippen molar-refractivity contribution in [3.05, 3.63) is 54.1 Å². The van der Waals surface area contributed by atoms with E-state index in [4.69, 9.17) is 10.5 Å². The molecule has 136 valence electrons. The van der Waals surface area contributed by atoms with Gasteiger partial charge in [0, 0.05) is 0 Å². The van der Waals surface area contributed by atoms with Gasteiger partial charge in [-0.1, -0.05) is 24.3 Å². The molecule has 0 aliphatic heterocycles. The van der Waals surface area contributed by atoms with E-state index in [0.29, 0.717) is 5.75 Å². The van der Waals surface area contributed by atoms with Gasteiger partial charge in [0.05, 0.1) is 19.3 Å². The van der Waals surface area contributed by atoms with Gasteiger partial charge in [-0.25, -0.2) is 4.99 Å². The lowest BCUT2D eigenvalue weighted by molar-refractivity contribution is -0.274. The molecule has 0 radical (unpaired) electrons. The first kappa shape index (κ1) is 20.9. The lowest BCUT2D eigenvalue weighted by Crippen LogP contribution is -2.24. The van der Waals surface area contributed by atoms with E-state index in [9.17, 15) is 13.2 Å². The number of methoxy groups -OCH3 is 1. The molecule has 9 heteroatoms. The van der Waals surface area contributed by atoms with Gasteiger partial charge in [0.15, 0.2) is 11.7 Å². The molecule has 0 amide bonds. The van der Waals surface area contributed by atoms with Gasteiger partial charge in [-0.3, -0.25) is 0 Å². The highest BCUT2D eigenvalue weighted by molar-refractivity contribution is 14.0. The summed E-state index contributed by atoms with van der Waals surface area (Å²) in [5, 5.41) is 2.60. The number of aliphatic imine (C=N–C) groups is 1. The fourth-order valence-electron chi connectivity index (χ4n) is 1.91. The molecule has 3 N–H and O–H groups in total. The van der Waals surface area contributed by atoms with Crippen molar-refractivity contribution in [2.45, 2.75) is 12.9 Å². The molecular formula is C16H17F3IN3O2. The Bertz CT molecular complexity index is 724. The highest BCUT2D eigenvalue weighted by Crippen LogP contribution is 2.29. The summed E-state index contributed by atoms with van der Waals surface area (Å²) in [7, 11) is 1.55. The molecule has 2 aromatic carbocycles. The zero-order valence-electron chi connectivity index (χ0n) is 13.2. The Hall–Kier alpha value is -2.17. The van der Waals surface area contributed by atoms with E-state index in [0.717, 1.165) is 5.56 Å². The quantitative estimate of drug-likeness (QED) is 0.394. The van der Waals surface area contributed by atoms with Crippen LogP contribution in [0.1, 0.15) is 5.56 Å². The van der Waals surface area contributed by atoms with Crippen molar-refractivity contribution < 1.29 is 22.6 Å². The van der Waals surface area contributed by atoms with Gasteiger partial charge in [0.1, 0.15) is 5.75 Å². The van der Waals surface area contributed by atoms with Gasteiger partial charge in [-0.05, 0) is 29.8 Å². The number of nitrogens with one attached hydrogen (secondary N) is 1. The Morgan fingerprint density at radius 2 is 1.88 bits per heavy atom. The van der Waals surface area contributed by atoms with Crippen LogP contribution in [0.2, 0.25) is 0 Å². The Labute approximate surface area is 160 Å². The number of anilines is 1. The van der Waals surface area contributed by atoms with Gasteiger partial charge in [-0.15, -0.1) is 37.1 Å². The van der Waals surface area contributed by atoms with Gasteiger partial charge < -0.3 is 20.5 Å². The third kappa shape index (κ3) is 7.08. The SMILES string of the molecule is COc1cccc(CN=C(N)Nc2ccccc2OC(F)(F)F)c1.I. The second-order valence-electron chi connectivity index (χ2n) is 4.72. The van der Waals surface area contributed by atoms with Crippen LogP contribution in [0.25, 0.3) is 0 Å². The second kappa shape index (κ2) is 9.35. The number of para-hydroxylation sites is 2. The largest absolute Gasteiger partial charge is 0.573 e. The average molecular weight is 467 g/mol. The van der Waals surface area contributed by atoms with E-state index in [1.54, 1.807) is 31.4 Å². The molecule has 0 bridgehead atoms. The lowest BCUT2D eigenvalue weighted by Gasteiger charge is -2.14. The molecule has 0 heterocycles. The van der Waals surface area contributed by atoms with E-state index < -0.39 is 6.36 Å². The number of nitrogens with two attached hydrogens (primary N) is 1. The second-order valence-corrected chi connectivity index (χ2v) is 4.72. The van der Waals surface area contributed by atoms with E-state index >= 15 is 0 Å². The minimum absolute atomic E-state index is 0. The number of benzene rings is 2. The molecular weight excluding hydrogens is 450 g/mol. The summed E-state index contributed by atoms with van der Waals surface area (Å²) in [5.41, 5.74) is 6.64. The highest BCUT2D eigenvalue weighted by Gasteiger charge is 2.32. The van der Waals surface area contributed by atoms with Crippen molar-refractivity contribution in [3.8, 4) is 11.5 Å². The fourth-order valence-corrected chi connectivity index (χ4v) is 1.91. The van der Waals surface area contributed by atoms with Crippen molar-refractivity contribution >= 4 is 35.6 Å². The third-order valence-corrected chi connectivity index (χ3v) is 2.94. The van der Waals surface area contributed by atoms with Crippen LogP contribution in [0.15, 0.2) is 53.5 Å². The first-order valence-corrected chi connectivity index (χ1v) is 6.92. The molecule has 0 unspecified atom stereocenters. The average Bonchev–Trinajstić information content (AvgIpc) is 2.54. The molecule has 0 aliphatic carbocycles. The molecule has 0 spiro atoms. The molecule has 0 aliphatic rings. The summed E-state index contributed by atoms with van der Waals surface area (Å²) in [6.45, 7) is 0.248. The highest BCUT2D eigenvalue weighted by atomic mass is 127. The smallest absolute Gasteiger partial charge is 0.497 e. The van der Waals surface area contributed by atoms with Gasteiger partial charge in [0.2, 0.25) is 0 Å². The molecule has 0 saturated carbocycles. The minimum Gasteiger partial charge on any atom is -0.497 e. The summed E-state index contributed by atoms with van der Waals surface area (Å²) in [6, 6.07) is 12.8. The van der Waals surface area contributed by atoms with E-state index in [1.807, 2.05) is 6.07 Å². The molecule has 25 heavy (non-hydrogen) atoms. The number of nitrogens with zero attached hydrogens (tertiary/aromatic N) is 1. The van der Waals surface area contributed by atoms with Crippen molar-refractivity contribution in [1.82, 2.24) is 0 Å². The van der Waals surface area contributed by atoms with Crippen LogP contribution < -0.4 is 20.5 Å². The first-order valence-electron chi connectivity index (χ1n) is 6.92. The summed E-state index contributed by atoms with van der Waals surface area (Å²) in [5.74, 6) is 0.263. The monoisotopic (exact) mass is 467 g/mol. The third-order valence-electron chi connectivity index (χ3n) is 2.94. The molecule has 0 saturated heterocycles. The van der Waals surface area contributed by atoms with Crippen LogP contribution in [0.5, 0.6) is 11.5 Å². The standard InChI is InChI=1S/C16H16F3N3O2.HI/c1-23-12-6-4-5-11(9-12)10-21-15(20)22-13-7-2-3-8-14(13)24-16(17,18)19;/h2-9H,10H2,1H3,(H3,20,21,22);1H. The van der Waals surface area contributed by atoms with Gasteiger partial charge >= 0.3 is 6.36 Å². The predicted octanol–water partition coefficient (Wildman–Crippen LogP) is 4.14. The Kier molecular flexibility index (Phi) is 7.81. The van der Waals surface area contributed by atoms with Gasteiger partial charge in [-0.2, -0.15) is 0 Å². The molecule has 2 rings (SSSR count). The summed E-state index contributed by atoms with van der Waals surface area (Å²) in [4.78, 5) is 4.09. The zero-order chi connectivity index (χ0) is 17.6. The normalized spacial score (nSPS) is 11.4. The number of hydrogen-bond acceptors (Lipinski definition) is 3. The zero-order valence-corrected chi connectivity index (χ0v) is 15.5. The number of halogens is 4. The van der Waals surface area contributed by atoms with Crippen molar-refractivity contribution in [2.75, 3.05) is 12.4 Å². The maximum atomic E-state index is 12.4. The number of rotatable bonds is 5. The summed E-state index contributed by atoms with van der Waals surface area (Å²) in [6.07, 6.45) is -4.79. The summed E-state index contributed by atoms with van der Waals surface area (Å²) < 4.78 is 46.2. The molecule has 0 aromatic heterocycles. The fraction of sp³-hybridized carbons (Fsp3) is 0.188. The van der Waals surface area contributed by atoms with Crippen LogP contribution in [-0.4, -0.2) is 19.4 Å². The Balaban J connectivity index is 0.00000312. The van der Waals surface area contributed by atoms with Crippen molar-refractivity contribution in [3.63, 3.8) is 0 Å². The predicted molar refractivity (Wildman–Crippen MR) is 100 cm³/mol. The molecule has 5 nitrogen and oxygen atoms in total. The van der Waals surface area contributed by atoms with E-state index in [-0.39, 0.29) is 47.9 Å². The maximum Gasteiger partial charge on any atom is 0.573 e. The van der Waals surface area contributed by atoms with Crippen LogP contribution in [-0.2, 0) is 6.54 Å². The lowest BCUT2D eigenvalue weighted by atomic mass is 10.2. The molecule has 0 fully saturated rings. The first-order chi connectivity index (χ1) is 11.4. The number of ether oxygens (including phenoxy) is 2. The topological polar surface area (TPSA) is 68.9 Å².